The third kappa shape index (κ3) is 2.79. The lowest BCUT2D eigenvalue weighted by molar-refractivity contribution is -0.140. The molecule has 1 fully saturated rings. The zero-order valence-electron chi connectivity index (χ0n) is 9.12. The second-order valence-corrected chi connectivity index (χ2v) is 4.25. The molecule has 1 aliphatic carbocycles. The molecule has 1 aliphatic rings. The van der Waals surface area contributed by atoms with E-state index in [-0.39, 0.29) is 18.0 Å². The fourth-order valence-electron chi connectivity index (χ4n) is 1.79. The molecular formula is C12H13F2NO2. The molecule has 0 bridgehead atoms. The molecule has 2 rings (SSSR count). The highest BCUT2D eigenvalue weighted by atomic mass is 19.2. The second-order valence-electron chi connectivity index (χ2n) is 4.25. The first-order chi connectivity index (χ1) is 8.09. The maximum atomic E-state index is 13.3. The third-order valence-corrected chi connectivity index (χ3v) is 2.90. The van der Waals surface area contributed by atoms with Crippen LogP contribution < -0.4 is 5.32 Å². The van der Waals surface area contributed by atoms with E-state index in [4.69, 9.17) is 5.11 Å². The van der Waals surface area contributed by atoms with Crippen molar-refractivity contribution >= 4 is 5.97 Å². The summed E-state index contributed by atoms with van der Waals surface area (Å²) in [6.07, 6.45) is 1.74. The molecule has 5 heteroatoms. The normalized spacial score (nSPS) is 16.8. The van der Waals surface area contributed by atoms with Gasteiger partial charge in [0.1, 0.15) is 6.04 Å². The van der Waals surface area contributed by atoms with Crippen molar-refractivity contribution < 1.29 is 18.7 Å². The van der Waals surface area contributed by atoms with E-state index in [1.54, 1.807) is 0 Å². The van der Waals surface area contributed by atoms with Crippen molar-refractivity contribution in [3.63, 3.8) is 0 Å². The van der Waals surface area contributed by atoms with Crippen LogP contribution in [0.25, 0.3) is 0 Å². The minimum atomic E-state index is -0.940. The van der Waals surface area contributed by atoms with Gasteiger partial charge in [-0.2, -0.15) is 0 Å². The molecule has 1 atom stereocenters. The largest absolute Gasteiger partial charge is 0.480 e. The Kier molecular flexibility index (Phi) is 3.38. The van der Waals surface area contributed by atoms with E-state index < -0.39 is 23.6 Å². The zero-order chi connectivity index (χ0) is 12.4. The van der Waals surface area contributed by atoms with Gasteiger partial charge in [-0.05, 0) is 24.8 Å². The maximum absolute atomic E-state index is 13.3. The van der Waals surface area contributed by atoms with Gasteiger partial charge in [-0.15, -0.1) is 0 Å². The topological polar surface area (TPSA) is 49.3 Å². The molecule has 0 amide bonds. The highest BCUT2D eigenvalue weighted by Crippen LogP contribution is 2.32. The number of carboxylic acids is 1. The van der Waals surface area contributed by atoms with Crippen LogP contribution in [0.3, 0.4) is 0 Å². The Morgan fingerprint density at radius 3 is 2.76 bits per heavy atom. The first kappa shape index (κ1) is 12.0. The third-order valence-electron chi connectivity index (χ3n) is 2.90. The Bertz CT molecular complexity index is 433. The van der Waals surface area contributed by atoms with Crippen LogP contribution in [0.2, 0.25) is 0 Å². The maximum Gasteiger partial charge on any atom is 0.320 e. The minimum Gasteiger partial charge on any atom is -0.480 e. The Hall–Kier alpha value is -1.49. The van der Waals surface area contributed by atoms with Gasteiger partial charge in [-0.25, -0.2) is 8.78 Å². The molecule has 1 aromatic rings. The quantitative estimate of drug-likeness (QED) is 0.828. The highest BCUT2D eigenvalue weighted by molar-refractivity contribution is 5.74. The van der Waals surface area contributed by atoms with Crippen molar-refractivity contribution in [1.29, 1.82) is 0 Å². The molecule has 17 heavy (non-hydrogen) atoms. The summed E-state index contributed by atoms with van der Waals surface area (Å²) in [5.41, 5.74) is 0.150. The van der Waals surface area contributed by atoms with Crippen LogP contribution in [0.4, 0.5) is 8.78 Å². The molecule has 3 nitrogen and oxygen atoms in total. The molecule has 0 aromatic heterocycles. The SMILES string of the molecule is O=C(O)C(NCc1cccc(F)c1F)C1CC1. The smallest absolute Gasteiger partial charge is 0.320 e. The summed E-state index contributed by atoms with van der Waals surface area (Å²) in [6, 6.07) is 3.21. The van der Waals surface area contributed by atoms with Crippen molar-refractivity contribution in [2.24, 2.45) is 5.92 Å². The van der Waals surface area contributed by atoms with Crippen molar-refractivity contribution in [2.75, 3.05) is 0 Å². The average Bonchev–Trinajstić information content (AvgIpc) is 3.08. The highest BCUT2D eigenvalue weighted by Gasteiger charge is 2.35. The van der Waals surface area contributed by atoms with E-state index in [1.165, 1.54) is 12.1 Å². The average molecular weight is 241 g/mol. The molecular weight excluding hydrogens is 228 g/mol. The molecule has 1 saturated carbocycles. The van der Waals surface area contributed by atoms with E-state index in [0.717, 1.165) is 18.9 Å². The molecule has 92 valence electrons. The van der Waals surface area contributed by atoms with Gasteiger partial charge in [-0.3, -0.25) is 10.1 Å². The standard InChI is InChI=1S/C12H13F2NO2/c13-9-3-1-2-8(10(9)14)6-15-11(12(16)17)7-4-5-7/h1-3,7,11,15H,4-6H2,(H,16,17). The van der Waals surface area contributed by atoms with Crippen molar-refractivity contribution in [3.05, 3.63) is 35.4 Å². The van der Waals surface area contributed by atoms with Gasteiger partial charge in [-0.1, -0.05) is 12.1 Å². The van der Waals surface area contributed by atoms with Gasteiger partial charge in [0, 0.05) is 12.1 Å². The Morgan fingerprint density at radius 1 is 1.47 bits per heavy atom. The number of carbonyl (C=O) groups is 1. The van der Waals surface area contributed by atoms with Crippen LogP contribution in [-0.2, 0) is 11.3 Å². The molecule has 0 aliphatic heterocycles. The predicted octanol–water partition coefficient (Wildman–Crippen LogP) is 1.92. The van der Waals surface area contributed by atoms with E-state index >= 15 is 0 Å². The Morgan fingerprint density at radius 2 is 2.18 bits per heavy atom. The minimum absolute atomic E-state index is 0.0249. The van der Waals surface area contributed by atoms with Crippen LogP contribution in [0.1, 0.15) is 18.4 Å². The lowest BCUT2D eigenvalue weighted by Gasteiger charge is -2.13. The van der Waals surface area contributed by atoms with Crippen molar-refractivity contribution in [1.82, 2.24) is 5.32 Å². The summed E-state index contributed by atoms with van der Waals surface area (Å²) in [4.78, 5) is 10.9. The van der Waals surface area contributed by atoms with Crippen LogP contribution in [0.15, 0.2) is 18.2 Å². The van der Waals surface area contributed by atoms with Gasteiger partial charge in [0.25, 0.3) is 0 Å². The monoisotopic (exact) mass is 241 g/mol. The van der Waals surface area contributed by atoms with Crippen molar-refractivity contribution in [2.45, 2.75) is 25.4 Å². The lowest BCUT2D eigenvalue weighted by Crippen LogP contribution is -2.38. The molecule has 0 spiro atoms. The first-order valence-electron chi connectivity index (χ1n) is 5.48. The number of halogens is 2. The number of aliphatic carboxylic acids is 1. The van der Waals surface area contributed by atoms with Gasteiger partial charge in [0.05, 0.1) is 0 Å². The van der Waals surface area contributed by atoms with Crippen LogP contribution in [-0.4, -0.2) is 17.1 Å². The molecule has 2 N–H and O–H groups in total. The first-order valence-corrected chi connectivity index (χ1v) is 5.48. The summed E-state index contributed by atoms with van der Waals surface area (Å²) >= 11 is 0. The van der Waals surface area contributed by atoms with Gasteiger partial charge < -0.3 is 5.11 Å². The molecule has 1 unspecified atom stereocenters. The predicted molar refractivity (Wildman–Crippen MR) is 57.3 cm³/mol. The van der Waals surface area contributed by atoms with Crippen LogP contribution in [0, 0.1) is 17.6 Å². The lowest BCUT2D eigenvalue weighted by atomic mass is 10.1. The van der Waals surface area contributed by atoms with Gasteiger partial charge in [0.2, 0.25) is 0 Å². The summed E-state index contributed by atoms with van der Waals surface area (Å²) in [5.74, 6) is -2.66. The molecule has 0 heterocycles. The molecule has 0 saturated heterocycles. The summed E-state index contributed by atoms with van der Waals surface area (Å²) < 4.78 is 26.2. The van der Waals surface area contributed by atoms with E-state index in [0.29, 0.717) is 0 Å². The second kappa shape index (κ2) is 4.79. The Labute approximate surface area is 97.5 Å². The summed E-state index contributed by atoms with van der Waals surface area (Å²) in [6.45, 7) is 0.0249. The number of benzene rings is 1. The zero-order valence-corrected chi connectivity index (χ0v) is 9.12. The van der Waals surface area contributed by atoms with E-state index in [2.05, 4.69) is 5.32 Å². The van der Waals surface area contributed by atoms with Crippen LogP contribution in [0.5, 0.6) is 0 Å². The van der Waals surface area contributed by atoms with E-state index in [1.807, 2.05) is 0 Å². The van der Waals surface area contributed by atoms with E-state index in [9.17, 15) is 13.6 Å². The number of nitrogens with one attached hydrogen (secondary N) is 1. The fourth-order valence-corrected chi connectivity index (χ4v) is 1.79. The summed E-state index contributed by atoms with van der Waals surface area (Å²) in [7, 11) is 0. The fraction of sp³-hybridized carbons (Fsp3) is 0.417. The summed E-state index contributed by atoms with van der Waals surface area (Å²) in [5, 5.41) is 11.7. The van der Waals surface area contributed by atoms with Crippen LogP contribution >= 0.6 is 0 Å². The van der Waals surface area contributed by atoms with Crippen molar-refractivity contribution in [3.8, 4) is 0 Å². The molecule has 0 radical (unpaired) electrons. The molecule has 1 aromatic carbocycles. The number of hydrogen-bond donors (Lipinski definition) is 2. The van der Waals surface area contributed by atoms with Gasteiger partial charge in [0.15, 0.2) is 11.6 Å². The Balaban J connectivity index is 2.01. The number of hydrogen-bond acceptors (Lipinski definition) is 2. The number of carboxylic acid groups (broad SMARTS) is 1. The van der Waals surface area contributed by atoms with Gasteiger partial charge >= 0.3 is 5.97 Å². The number of rotatable bonds is 5.